The second-order valence-electron chi connectivity index (χ2n) is 6.30. The van der Waals surface area contributed by atoms with Crippen molar-refractivity contribution in [2.24, 2.45) is 0 Å². The molecule has 6 heteroatoms. The fourth-order valence-corrected chi connectivity index (χ4v) is 3.43. The number of nitrogens with one attached hydrogen (secondary N) is 2. The molecular formula is C19H19N5O. The maximum atomic E-state index is 12.4. The number of anilines is 1. The second-order valence-corrected chi connectivity index (χ2v) is 6.30. The summed E-state index contributed by atoms with van der Waals surface area (Å²) < 4.78 is 0. The van der Waals surface area contributed by atoms with Crippen LogP contribution in [0.2, 0.25) is 0 Å². The number of hydrogen-bond acceptors (Lipinski definition) is 4. The standard InChI is InChI=1S/C19H19N5O/c25-17(12-15-6-3-5-13-4-1-2-7-16(13)15)21-19-22-18(23-24-19)14-8-10-20-11-9-14/h1-2,4,7-11,15H,3,5-6,12H2,(H2,21,22,23,24,25)/t15-/m0/s1. The van der Waals surface area contributed by atoms with Crippen molar-refractivity contribution in [2.75, 3.05) is 5.32 Å². The molecule has 0 fully saturated rings. The van der Waals surface area contributed by atoms with Crippen LogP contribution < -0.4 is 5.32 Å². The maximum absolute atomic E-state index is 12.4. The Morgan fingerprint density at radius 3 is 2.88 bits per heavy atom. The van der Waals surface area contributed by atoms with Crippen LogP contribution in [-0.4, -0.2) is 26.1 Å². The highest BCUT2D eigenvalue weighted by molar-refractivity contribution is 5.89. The zero-order chi connectivity index (χ0) is 17.1. The lowest BCUT2D eigenvalue weighted by Gasteiger charge is -2.24. The number of H-pyrrole nitrogens is 1. The van der Waals surface area contributed by atoms with Crippen LogP contribution in [0.15, 0.2) is 48.8 Å². The largest absolute Gasteiger partial charge is 0.307 e. The molecule has 0 bridgehead atoms. The SMILES string of the molecule is O=C(C[C@@H]1CCCc2ccccc21)Nc1nnc(-c2ccncc2)[nH]1. The average molecular weight is 333 g/mol. The molecule has 3 aromatic rings. The molecule has 1 atom stereocenters. The van der Waals surface area contributed by atoms with Crippen molar-refractivity contribution < 1.29 is 4.79 Å². The van der Waals surface area contributed by atoms with Crippen LogP contribution >= 0.6 is 0 Å². The van der Waals surface area contributed by atoms with Gasteiger partial charge in [0.25, 0.3) is 0 Å². The van der Waals surface area contributed by atoms with E-state index in [4.69, 9.17) is 0 Å². The van der Waals surface area contributed by atoms with Gasteiger partial charge in [0.2, 0.25) is 11.9 Å². The smallest absolute Gasteiger partial charge is 0.228 e. The number of hydrogen-bond donors (Lipinski definition) is 2. The number of aryl methyl sites for hydroxylation is 1. The van der Waals surface area contributed by atoms with Crippen LogP contribution in [-0.2, 0) is 11.2 Å². The number of amides is 1. The third-order valence-electron chi connectivity index (χ3n) is 4.62. The third kappa shape index (κ3) is 3.42. The molecule has 0 radical (unpaired) electrons. The minimum atomic E-state index is -0.0425. The summed E-state index contributed by atoms with van der Waals surface area (Å²) in [4.78, 5) is 19.4. The summed E-state index contributed by atoms with van der Waals surface area (Å²) in [5, 5.41) is 10.9. The minimum absolute atomic E-state index is 0.0425. The summed E-state index contributed by atoms with van der Waals surface area (Å²) in [6.45, 7) is 0. The topological polar surface area (TPSA) is 83.6 Å². The summed E-state index contributed by atoms with van der Waals surface area (Å²) in [5.41, 5.74) is 3.55. The van der Waals surface area contributed by atoms with Gasteiger partial charge in [0.1, 0.15) is 0 Å². The monoisotopic (exact) mass is 333 g/mol. The normalized spacial score (nSPS) is 16.2. The van der Waals surface area contributed by atoms with Crippen molar-refractivity contribution in [2.45, 2.75) is 31.6 Å². The number of fused-ring (bicyclic) bond motifs is 1. The van der Waals surface area contributed by atoms with Crippen molar-refractivity contribution in [3.8, 4) is 11.4 Å². The quantitative estimate of drug-likeness (QED) is 0.767. The predicted molar refractivity (Wildman–Crippen MR) is 95.0 cm³/mol. The molecule has 1 aliphatic rings. The Hall–Kier alpha value is -3.02. The summed E-state index contributed by atoms with van der Waals surface area (Å²) in [7, 11) is 0. The molecule has 2 heterocycles. The van der Waals surface area contributed by atoms with Gasteiger partial charge in [-0.3, -0.25) is 15.1 Å². The lowest BCUT2D eigenvalue weighted by molar-refractivity contribution is -0.116. The van der Waals surface area contributed by atoms with E-state index in [1.165, 1.54) is 11.1 Å². The maximum Gasteiger partial charge on any atom is 0.228 e. The number of benzene rings is 1. The number of nitrogens with zero attached hydrogens (tertiary/aromatic N) is 3. The predicted octanol–water partition coefficient (Wildman–Crippen LogP) is 3.32. The van der Waals surface area contributed by atoms with Gasteiger partial charge in [0, 0.05) is 24.4 Å². The molecule has 0 unspecified atom stereocenters. The van der Waals surface area contributed by atoms with Gasteiger partial charge < -0.3 is 4.98 Å². The first-order chi connectivity index (χ1) is 12.3. The first-order valence-electron chi connectivity index (χ1n) is 8.50. The number of carbonyl (C=O) groups excluding carboxylic acids is 1. The zero-order valence-electron chi connectivity index (χ0n) is 13.8. The summed E-state index contributed by atoms with van der Waals surface area (Å²) in [6, 6.07) is 12.1. The van der Waals surface area contributed by atoms with E-state index in [9.17, 15) is 4.79 Å². The second kappa shape index (κ2) is 6.84. The van der Waals surface area contributed by atoms with Gasteiger partial charge in [-0.15, -0.1) is 10.2 Å². The van der Waals surface area contributed by atoms with Crippen LogP contribution in [0.4, 0.5) is 5.95 Å². The number of carbonyl (C=O) groups is 1. The highest BCUT2D eigenvalue weighted by Gasteiger charge is 2.22. The molecule has 0 spiro atoms. The Kier molecular flexibility index (Phi) is 4.24. The molecule has 0 saturated heterocycles. The Balaban J connectivity index is 1.43. The van der Waals surface area contributed by atoms with Gasteiger partial charge in [-0.2, -0.15) is 0 Å². The van der Waals surface area contributed by atoms with E-state index in [0.717, 1.165) is 24.8 Å². The Morgan fingerprint density at radius 2 is 2.00 bits per heavy atom. The van der Waals surface area contributed by atoms with Crippen LogP contribution in [0, 0.1) is 0 Å². The van der Waals surface area contributed by atoms with E-state index >= 15 is 0 Å². The zero-order valence-corrected chi connectivity index (χ0v) is 13.8. The summed E-state index contributed by atoms with van der Waals surface area (Å²) >= 11 is 0. The van der Waals surface area contributed by atoms with Gasteiger partial charge in [-0.1, -0.05) is 24.3 Å². The number of aromatic nitrogens is 4. The number of aromatic amines is 1. The molecule has 1 aromatic carbocycles. The van der Waals surface area contributed by atoms with E-state index in [1.807, 2.05) is 18.2 Å². The highest BCUT2D eigenvalue weighted by Crippen LogP contribution is 2.33. The lowest BCUT2D eigenvalue weighted by Crippen LogP contribution is -2.19. The lowest BCUT2D eigenvalue weighted by atomic mass is 9.81. The van der Waals surface area contributed by atoms with E-state index in [2.05, 4.69) is 43.7 Å². The molecule has 6 nitrogen and oxygen atoms in total. The third-order valence-corrected chi connectivity index (χ3v) is 4.62. The molecule has 0 saturated carbocycles. The van der Waals surface area contributed by atoms with Gasteiger partial charge in [0.15, 0.2) is 5.82 Å². The van der Waals surface area contributed by atoms with Crippen LogP contribution in [0.25, 0.3) is 11.4 Å². The fourth-order valence-electron chi connectivity index (χ4n) is 3.43. The molecule has 2 N–H and O–H groups in total. The molecule has 4 rings (SSSR count). The van der Waals surface area contributed by atoms with Crippen molar-refractivity contribution in [1.29, 1.82) is 0 Å². The molecule has 1 amide bonds. The molecule has 25 heavy (non-hydrogen) atoms. The summed E-state index contributed by atoms with van der Waals surface area (Å²) in [5.74, 6) is 1.22. The van der Waals surface area contributed by atoms with E-state index < -0.39 is 0 Å². The van der Waals surface area contributed by atoms with Gasteiger partial charge >= 0.3 is 0 Å². The Labute approximate surface area is 145 Å². The van der Waals surface area contributed by atoms with Crippen molar-refractivity contribution in [1.82, 2.24) is 20.2 Å². The van der Waals surface area contributed by atoms with E-state index in [0.29, 0.717) is 18.2 Å². The Bertz CT molecular complexity index is 874. The molecular weight excluding hydrogens is 314 g/mol. The highest BCUT2D eigenvalue weighted by atomic mass is 16.1. The van der Waals surface area contributed by atoms with E-state index in [1.54, 1.807) is 12.4 Å². The average Bonchev–Trinajstić information content (AvgIpc) is 3.11. The van der Waals surface area contributed by atoms with Crippen LogP contribution in [0.1, 0.15) is 36.3 Å². The first-order valence-corrected chi connectivity index (χ1v) is 8.50. The van der Waals surface area contributed by atoms with Crippen LogP contribution in [0.3, 0.4) is 0 Å². The molecule has 126 valence electrons. The molecule has 1 aliphatic carbocycles. The fraction of sp³-hybridized carbons (Fsp3) is 0.263. The van der Waals surface area contributed by atoms with Crippen molar-refractivity contribution >= 4 is 11.9 Å². The van der Waals surface area contributed by atoms with Gasteiger partial charge in [0.05, 0.1) is 0 Å². The molecule has 0 aliphatic heterocycles. The van der Waals surface area contributed by atoms with Gasteiger partial charge in [-0.25, -0.2) is 0 Å². The van der Waals surface area contributed by atoms with Gasteiger partial charge in [-0.05, 0) is 48.4 Å². The van der Waals surface area contributed by atoms with E-state index in [-0.39, 0.29) is 11.8 Å². The first kappa shape index (κ1) is 15.5. The number of pyridine rings is 1. The summed E-state index contributed by atoms with van der Waals surface area (Å²) in [6.07, 6.45) is 7.12. The van der Waals surface area contributed by atoms with Crippen molar-refractivity contribution in [3.63, 3.8) is 0 Å². The van der Waals surface area contributed by atoms with Crippen LogP contribution in [0.5, 0.6) is 0 Å². The molecule has 2 aromatic heterocycles. The minimum Gasteiger partial charge on any atom is -0.307 e. The Morgan fingerprint density at radius 1 is 1.16 bits per heavy atom. The van der Waals surface area contributed by atoms with Crippen molar-refractivity contribution in [3.05, 3.63) is 59.9 Å². The number of rotatable bonds is 4.